The third-order valence-electron chi connectivity index (χ3n) is 2.47. The normalized spacial score (nSPS) is 14.2. The van der Waals surface area contributed by atoms with Crippen LogP contribution in [0.1, 0.15) is 26.7 Å². The van der Waals surface area contributed by atoms with Gasteiger partial charge in [-0.2, -0.15) is 0 Å². The minimum absolute atomic E-state index is 0.164. The van der Waals surface area contributed by atoms with Crippen LogP contribution in [0, 0.1) is 0 Å². The van der Waals surface area contributed by atoms with Gasteiger partial charge in [0.25, 0.3) is 0 Å². The lowest BCUT2D eigenvalue weighted by molar-refractivity contribution is -0.120. The number of nitrogens with one attached hydrogen (secondary N) is 1. The van der Waals surface area contributed by atoms with Gasteiger partial charge in [-0.05, 0) is 47.5 Å². The van der Waals surface area contributed by atoms with Gasteiger partial charge >= 0.3 is 0 Å². The van der Waals surface area contributed by atoms with Crippen LogP contribution in [0.25, 0.3) is 0 Å². The second-order valence-corrected chi connectivity index (χ2v) is 6.02. The summed E-state index contributed by atoms with van der Waals surface area (Å²) in [7, 11) is 0. The zero-order valence-corrected chi connectivity index (χ0v) is 13.1. The molecule has 0 aliphatic heterocycles. The SMILES string of the molecule is CCCC(C)(N)C(=O)Nc1ccc(Br)cc1Br. The van der Waals surface area contributed by atoms with Crippen LogP contribution < -0.4 is 11.1 Å². The van der Waals surface area contributed by atoms with Gasteiger partial charge in [0.05, 0.1) is 11.2 Å². The second kappa shape index (κ2) is 5.98. The fraction of sp³-hybridized carbons (Fsp3) is 0.417. The summed E-state index contributed by atoms with van der Waals surface area (Å²) in [4.78, 5) is 12.0. The molecule has 17 heavy (non-hydrogen) atoms. The maximum Gasteiger partial charge on any atom is 0.244 e. The number of rotatable bonds is 4. The summed E-state index contributed by atoms with van der Waals surface area (Å²) in [5.74, 6) is -0.164. The van der Waals surface area contributed by atoms with Crippen LogP contribution in [0.15, 0.2) is 27.1 Å². The van der Waals surface area contributed by atoms with E-state index in [1.54, 1.807) is 6.92 Å². The Morgan fingerprint density at radius 3 is 2.65 bits per heavy atom. The van der Waals surface area contributed by atoms with Gasteiger partial charge < -0.3 is 11.1 Å². The molecule has 1 amide bonds. The molecule has 0 fully saturated rings. The van der Waals surface area contributed by atoms with Gasteiger partial charge in [-0.1, -0.05) is 29.3 Å². The summed E-state index contributed by atoms with van der Waals surface area (Å²) in [5.41, 5.74) is 5.86. The minimum atomic E-state index is -0.832. The van der Waals surface area contributed by atoms with Gasteiger partial charge in [-0.25, -0.2) is 0 Å². The fourth-order valence-electron chi connectivity index (χ4n) is 1.49. The number of nitrogens with two attached hydrogens (primary N) is 1. The molecule has 0 aliphatic rings. The Balaban J connectivity index is 2.81. The summed E-state index contributed by atoms with van der Waals surface area (Å²) in [6.45, 7) is 3.76. The average molecular weight is 364 g/mol. The first-order chi connectivity index (χ1) is 7.86. The van der Waals surface area contributed by atoms with E-state index in [1.165, 1.54) is 0 Å². The van der Waals surface area contributed by atoms with Crippen molar-refractivity contribution in [2.45, 2.75) is 32.2 Å². The van der Waals surface area contributed by atoms with Crippen LogP contribution in [-0.2, 0) is 4.79 Å². The van der Waals surface area contributed by atoms with E-state index in [2.05, 4.69) is 37.2 Å². The molecule has 1 aromatic rings. The summed E-state index contributed by atoms with van der Waals surface area (Å²) in [5, 5.41) is 2.83. The van der Waals surface area contributed by atoms with Crippen LogP contribution in [0.2, 0.25) is 0 Å². The van der Waals surface area contributed by atoms with Crippen molar-refractivity contribution < 1.29 is 4.79 Å². The number of benzene rings is 1. The van der Waals surface area contributed by atoms with Crippen LogP contribution in [0.4, 0.5) is 5.69 Å². The van der Waals surface area contributed by atoms with Crippen molar-refractivity contribution in [3.63, 3.8) is 0 Å². The molecule has 0 aromatic heterocycles. The van der Waals surface area contributed by atoms with Crippen molar-refractivity contribution in [3.05, 3.63) is 27.1 Å². The van der Waals surface area contributed by atoms with Crippen molar-refractivity contribution in [3.8, 4) is 0 Å². The molecule has 0 heterocycles. The predicted molar refractivity (Wildman–Crippen MR) is 78.0 cm³/mol. The third-order valence-corrected chi connectivity index (χ3v) is 3.62. The van der Waals surface area contributed by atoms with E-state index < -0.39 is 5.54 Å². The number of amides is 1. The van der Waals surface area contributed by atoms with Gasteiger partial charge in [-0.15, -0.1) is 0 Å². The summed E-state index contributed by atoms with van der Waals surface area (Å²) in [6.07, 6.45) is 1.54. The zero-order valence-electron chi connectivity index (χ0n) is 9.89. The predicted octanol–water partition coefficient (Wildman–Crippen LogP) is 3.67. The standard InChI is InChI=1S/C12H16Br2N2O/c1-3-6-12(2,15)11(17)16-10-5-4-8(13)7-9(10)14/h4-5,7H,3,6,15H2,1-2H3,(H,16,17). The molecule has 1 rings (SSSR count). The second-order valence-electron chi connectivity index (χ2n) is 4.25. The van der Waals surface area contributed by atoms with E-state index in [4.69, 9.17) is 5.73 Å². The highest BCUT2D eigenvalue weighted by atomic mass is 79.9. The maximum atomic E-state index is 12.0. The first-order valence-electron chi connectivity index (χ1n) is 5.42. The maximum absolute atomic E-state index is 12.0. The Morgan fingerprint density at radius 2 is 2.12 bits per heavy atom. The molecule has 5 heteroatoms. The molecule has 94 valence electrons. The lowest BCUT2D eigenvalue weighted by atomic mass is 9.96. The lowest BCUT2D eigenvalue weighted by Crippen LogP contribution is -2.48. The lowest BCUT2D eigenvalue weighted by Gasteiger charge is -2.23. The molecular formula is C12H16Br2N2O. The highest BCUT2D eigenvalue weighted by Crippen LogP contribution is 2.27. The third kappa shape index (κ3) is 4.08. The molecule has 0 saturated carbocycles. The highest BCUT2D eigenvalue weighted by molar-refractivity contribution is 9.11. The van der Waals surface area contributed by atoms with Crippen molar-refractivity contribution in [2.24, 2.45) is 5.73 Å². The van der Waals surface area contributed by atoms with E-state index in [0.29, 0.717) is 6.42 Å². The number of carbonyl (C=O) groups is 1. The van der Waals surface area contributed by atoms with Crippen LogP contribution in [-0.4, -0.2) is 11.4 Å². The van der Waals surface area contributed by atoms with Crippen molar-refractivity contribution >= 4 is 43.5 Å². The highest BCUT2D eigenvalue weighted by Gasteiger charge is 2.27. The summed E-state index contributed by atoms with van der Waals surface area (Å²) in [6, 6.07) is 5.57. The van der Waals surface area contributed by atoms with Crippen LogP contribution >= 0.6 is 31.9 Å². The van der Waals surface area contributed by atoms with Gasteiger partial charge in [0, 0.05) is 8.95 Å². The van der Waals surface area contributed by atoms with Gasteiger partial charge in [0.1, 0.15) is 0 Å². The van der Waals surface area contributed by atoms with E-state index in [9.17, 15) is 4.79 Å². The number of carbonyl (C=O) groups excluding carboxylic acids is 1. The van der Waals surface area contributed by atoms with E-state index in [-0.39, 0.29) is 5.91 Å². The fourth-order valence-corrected chi connectivity index (χ4v) is 2.64. The topological polar surface area (TPSA) is 55.1 Å². The largest absolute Gasteiger partial charge is 0.323 e. The van der Waals surface area contributed by atoms with E-state index >= 15 is 0 Å². The Bertz CT molecular complexity index is 419. The van der Waals surface area contributed by atoms with Crippen LogP contribution in [0.5, 0.6) is 0 Å². The molecule has 0 saturated heterocycles. The number of hydrogen-bond donors (Lipinski definition) is 2. The molecule has 1 atom stereocenters. The van der Waals surface area contributed by atoms with Gasteiger partial charge in [-0.3, -0.25) is 4.79 Å². The Hall–Kier alpha value is -0.390. The Morgan fingerprint density at radius 1 is 1.47 bits per heavy atom. The summed E-state index contributed by atoms with van der Waals surface area (Å²) >= 11 is 6.76. The number of hydrogen-bond acceptors (Lipinski definition) is 2. The molecule has 1 aromatic carbocycles. The summed E-state index contributed by atoms with van der Waals surface area (Å²) < 4.78 is 1.78. The Kier molecular flexibility index (Phi) is 5.16. The Labute approximate surface area is 118 Å². The first-order valence-corrected chi connectivity index (χ1v) is 7.01. The molecule has 0 aliphatic carbocycles. The first kappa shape index (κ1) is 14.7. The van der Waals surface area contributed by atoms with Gasteiger partial charge in [0.2, 0.25) is 5.91 Å². The molecule has 3 N–H and O–H groups in total. The van der Waals surface area contributed by atoms with E-state index in [0.717, 1.165) is 21.1 Å². The average Bonchev–Trinajstić information content (AvgIpc) is 2.22. The van der Waals surface area contributed by atoms with Crippen molar-refractivity contribution in [2.75, 3.05) is 5.32 Å². The molecule has 0 spiro atoms. The smallest absolute Gasteiger partial charge is 0.244 e. The molecule has 3 nitrogen and oxygen atoms in total. The molecular weight excluding hydrogens is 348 g/mol. The minimum Gasteiger partial charge on any atom is -0.323 e. The number of anilines is 1. The number of halogens is 2. The van der Waals surface area contributed by atoms with Crippen molar-refractivity contribution in [1.29, 1.82) is 0 Å². The molecule has 1 unspecified atom stereocenters. The quantitative estimate of drug-likeness (QED) is 0.857. The monoisotopic (exact) mass is 362 g/mol. The molecule has 0 bridgehead atoms. The zero-order chi connectivity index (χ0) is 13.1. The van der Waals surface area contributed by atoms with Gasteiger partial charge in [0.15, 0.2) is 0 Å². The van der Waals surface area contributed by atoms with E-state index in [1.807, 2.05) is 25.1 Å². The molecule has 0 radical (unpaired) electrons. The van der Waals surface area contributed by atoms with Crippen molar-refractivity contribution in [1.82, 2.24) is 0 Å². The van der Waals surface area contributed by atoms with Crippen LogP contribution in [0.3, 0.4) is 0 Å².